The molecule has 0 saturated carbocycles. The summed E-state index contributed by atoms with van der Waals surface area (Å²) in [6, 6.07) is 4.16. The van der Waals surface area contributed by atoms with Crippen LogP contribution in [-0.2, 0) is 6.54 Å². The Balaban J connectivity index is 2.58. The van der Waals surface area contributed by atoms with E-state index in [1.165, 1.54) is 25.3 Å². The minimum Gasteiger partial charge on any atom is -0.496 e. The number of ether oxygens (including phenoxy) is 1. The van der Waals surface area contributed by atoms with Crippen LogP contribution in [0.2, 0.25) is 5.15 Å². The summed E-state index contributed by atoms with van der Waals surface area (Å²) < 4.78 is 18.4. The Kier molecular flexibility index (Phi) is 3.31. The summed E-state index contributed by atoms with van der Waals surface area (Å²) in [5.74, 6) is 0.661. The summed E-state index contributed by atoms with van der Waals surface area (Å²) in [5, 5.41) is 0.314. The molecule has 1 heterocycles. The van der Waals surface area contributed by atoms with Gasteiger partial charge in [-0.1, -0.05) is 11.6 Å². The zero-order valence-electron chi connectivity index (χ0n) is 9.13. The van der Waals surface area contributed by atoms with Crippen molar-refractivity contribution in [3.05, 3.63) is 35.0 Å². The van der Waals surface area contributed by atoms with Crippen LogP contribution in [0.15, 0.2) is 18.2 Å². The number of aromatic amines is 1. The molecule has 0 aliphatic heterocycles. The first-order chi connectivity index (χ1) is 8.15. The first kappa shape index (κ1) is 11.9. The predicted octanol–water partition coefficient (Wildman–Crippen LogP) is 2.34. The number of hydrogen-bond donors (Lipinski definition) is 2. The number of methoxy groups -OCH3 is 1. The molecule has 2 aromatic rings. The molecule has 90 valence electrons. The van der Waals surface area contributed by atoms with Gasteiger partial charge in [0.05, 0.1) is 13.7 Å². The van der Waals surface area contributed by atoms with Crippen LogP contribution in [0.1, 0.15) is 5.82 Å². The molecule has 0 saturated heterocycles. The maximum absolute atomic E-state index is 13.2. The molecule has 2 rings (SSSR count). The number of halogens is 2. The number of nitrogens with two attached hydrogens (primary N) is 1. The van der Waals surface area contributed by atoms with Gasteiger partial charge >= 0.3 is 0 Å². The second-order valence-corrected chi connectivity index (χ2v) is 3.77. The van der Waals surface area contributed by atoms with E-state index in [1.807, 2.05) is 0 Å². The van der Waals surface area contributed by atoms with E-state index in [0.29, 0.717) is 28.0 Å². The molecule has 0 aliphatic carbocycles. The van der Waals surface area contributed by atoms with E-state index in [1.54, 1.807) is 0 Å². The quantitative estimate of drug-likeness (QED) is 0.885. The van der Waals surface area contributed by atoms with E-state index in [9.17, 15) is 4.39 Å². The van der Waals surface area contributed by atoms with E-state index in [4.69, 9.17) is 22.1 Å². The average molecular weight is 256 g/mol. The molecule has 1 aromatic heterocycles. The summed E-state index contributed by atoms with van der Waals surface area (Å²) in [6.07, 6.45) is 0. The number of benzene rings is 1. The smallest absolute Gasteiger partial charge is 0.134 e. The molecule has 3 N–H and O–H groups in total. The molecule has 1 aromatic carbocycles. The van der Waals surface area contributed by atoms with E-state index in [0.717, 1.165) is 0 Å². The zero-order chi connectivity index (χ0) is 12.4. The lowest BCUT2D eigenvalue weighted by atomic mass is 10.1. The second-order valence-electron chi connectivity index (χ2n) is 3.39. The highest BCUT2D eigenvalue weighted by atomic mass is 35.5. The monoisotopic (exact) mass is 255 g/mol. The van der Waals surface area contributed by atoms with Crippen LogP contribution < -0.4 is 10.5 Å². The van der Waals surface area contributed by atoms with Gasteiger partial charge in [-0.25, -0.2) is 9.37 Å². The number of hydrogen-bond acceptors (Lipinski definition) is 3. The SMILES string of the molecule is COc1ccc(F)cc1-c1nc(CN)[nH]c1Cl. The molecular formula is C11H11ClFN3O. The van der Waals surface area contributed by atoms with Gasteiger partial charge in [0, 0.05) is 5.56 Å². The molecule has 0 bridgehead atoms. The third-order valence-electron chi connectivity index (χ3n) is 2.32. The minimum atomic E-state index is -0.380. The Morgan fingerprint density at radius 2 is 2.29 bits per heavy atom. The highest BCUT2D eigenvalue weighted by Crippen LogP contribution is 2.33. The van der Waals surface area contributed by atoms with Crippen molar-refractivity contribution in [2.75, 3.05) is 7.11 Å². The lowest BCUT2D eigenvalue weighted by Crippen LogP contribution is -1.98. The first-order valence-electron chi connectivity index (χ1n) is 4.94. The van der Waals surface area contributed by atoms with Gasteiger partial charge in [0.2, 0.25) is 0 Å². The summed E-state index contributed by atoms with van der Waals surface area (Å²) in [7, 11) is 1.50. The van der Waals surface area contributed by atoms with Crippen molar-refractivity contribution in [2.45, 2.75) is 6.54 Å². The summed E-state index contributed by atoms with van der Waals surface area (Å²) in [6.45, 7) is 0.233. The van der Waals surface area contributed by atoms with Crippen molar-refractivity contribution in [3.8, 4) is 17.0 Å². The number of H-pyrrole nitrogens is 1. The lowest BCUT2D eigenvalue weighted by molar-refractivity contribution is 0.415. The van der Waals surface area contributed by atoms with Crippen LogP contribution in [0.5, 0.6) is 5.75 Å². The van der Waals surface area contributed by atoms with Gasteiger partial charge in [0.25, 0.3) is 0 Å². The summed E-state index contributed by atoms with van der Waals surface area (Å²) in [5.41, 5.74) is 6.38. The highest BCUT2D eigenvalue weighted by molar-refractivity contribution is 6.32. The largest absolute Gasteiger partial charge is 0.496 e. The number of nitrogens with zero attached hydrogens (tertiary/aromatic N) is 1. The van der Waals surface area contributed by atoms with E-state index in [-0.39, 0.29) is 12.4 Å². The standard InChI is InChI=1S/C11H11ClFN3O/c1-17-8-3-2-6(13)4-7(8)10-11(12)16-9(5-14)15-10/h2-4H,5,14H2,1H3,(H,15,16). The van der Waals surface area contributed by atoms with Gasteiger partial charge in [-0.2, -0.15) is 0 Å². The van der Waals surface area contributed by atoms with Crippen LogP contribution in [-0.4, -0.2) is 17.1 Å². The number of rotatable bonds is 3. The number of nitrogens with one attached hydrogen (secondary N) is 1. The van der Waals surface area contributed by atoms with Gasteiger partial charge in [-0.05, 0) is 18.2 Å². The average Bonchev–Trinajstić information content (AvgIpc) is 2.70. The first-order valence-corrected chi connectivity index (χ1v) is 5.32. The Morgan fingerprint density at radius 3 is 2.88 bits per heavy atom. The maximum atomic E-state index is 13.2. The van der Waals surface area contributed by atoms with Crippen molar-refractivity contribution < 1.29 is 9.13 Å². The normalized spacial score (nSPS) is 10.6. The van der Waals surface area contributed by atoms with Crippen LogP contribution in [0.4, 0.5) is 4.39 Å². The van der Waals surface area contributed by atoms with Gasteiger partial charge in [0.15, 0.2) is 0 Å². The number of imidazole rings is 1. The van der Waals surface area contributed by atoms with Crippen molar-refractivity contribution in [2.24, 2.45) is 5.73 Å². The molecule has 0 atom stereocenters. The van der Waals surface area contributed by atoms with Crippen LogP contribution in [0.25, 0.3) is 11.3 Å². The maximum Gasteiger partial charge on any atom is 0.134 e. The van der Waals surface area contributed by atoms with Crippen LogP contribution in [0, 0.1) is 5.82 Å². The van der Waals surface area contributed by atoms with Gasteiger partial charge in [-0.15, -0.1) is 0 Å². The Hall–Kier alpha value is -1.59. The van der Waals surface area contributed by atoms with Crippen LogP contribution in [0.3, 0.4) is 0 Å². The van der Waals surface area contributed by atoms with E-state index in [2.05, 4.69) is 9.97 Å². The molecule has 17 heavy (non-hydrogen) atoms. The van der Waals surface area contributed by atoms with Gasteiger partial charge < -0.3 is 15.5 Å². The summed E-state index contributed by atoms with van der Waals surface area (Å²) in [4.78, 5) is 7.00. The number of aromatic nitrogens is 2. The molecular weight excluding hydrogens is 245 g/mol. The molecule has 0 fully saturated rings. The zero-order valence-corrected chi connectivity index (χ0v) is 9.88. The fraction of sp³-hybridized carbons (Fsp3) is 0.182. The Labute approximate surface area is 103 Å². The Bertz CT molecular complexity index is 542. The lowest BCUT2D eigenvalue weighted by Gasteiger charge is -2.06. The van der Waals surface area contributed by atoms with Gasteiger partial charge in [0.1, 0.15) is 28.2 Å². The third kappa shape index (κ3) is 2.25. The van der Waals surface area contributed by atoms with Crippen molar-refractivity contribution in [1.82, 2.24) is 9.97 Å². The molecule has 0 radical (unpaired) electrons. The topological polar surface area (TPSA) is 63.9 Å². The summed E-state index contributed by atoms with van der Waals surface area (Å²) >= 11 is 5.99. The Morgan fingerprint density at radius 1 is 1.53 bits per heavy atom. The predicted molar refractivity (Wildman–Crippen MR) is 63.4 cm³/mol. The highest BCUT2D eigenvalue weighted by Gasteiger charge is 2.15. The molecule has 0 spiro atoms. The second kappa shape index (κ2) is 4.73. The minimum absolute atomic E-state index is 0.233. The molecule has 0 amide bonds. The molecule has 4 nitrogen and oxygen atoms in total. The van der Waals surface area contributed by atoms with Crippen molar-refractivity contribution >= 4 is 11.6 Å². The fourth-order valence-corrected chi connectivity index (χ4v) is 1.79. The van der Waals surface area contributed by atoms with Crippen molar-refractivity contribution in [1.29, 1.82) is 0 Å². The molecule has 6 heteroatoms. The fourth-order valence-electron chi connectivity index (χ4n) is 1.54. The third-order valence-corrected chi connectivity index (χ3v) is 2.59. The van der Waals surface area contributed by atoms with E-state index < -0.39 is 0 Å². The van der Waals surface area contributed by atoms with E-state index >= 15 is 0 Å². The van der Waals surface area contributed by atoms with Crippen molar-refractivity contribution in [3.63, 3.8) is 0 Å². The molecule has 0 aliphatic rings. The molecule has 0 unspecified atom stereocenters. The van der Waals surface area contributed by atoms with Crippen LogP contribution >= 0.6 is 11.6 Å². The van der Waals surface area contributed by atoms with Gasteiger partial charge in [-0.3, -0.25) is 0 Å².